The van der Waals surface area contributed by atoms with Crippen LogP contribution in [0.15, 0.2) is 30.3 Å². The first-order chi connectivity index (χ1) is 9.96. The molecule has 0 aliphatic heterocycles. The van der Waals surface area contributed by atoms with Gasteiger partial charge in [-0.15, -0.1) is 0 Å². The zero-order valence-electron chi connectivity index (χ0n) is 12.7. The van der Waals surface area contributed by atoms with E-state index in [4.69, 9.17) is 0 Å². The summed E-state index contributed by atoms with van der Waals surface area (Å²) >= 11 is 0. The number of carbonyl (C=O) groups excluding carboxylic acids is 1. The van der Waals surface area contributed by atoms with Crippen LogP contribution in [0.1, 0.15) is 31.4 Å². The van der Waals surface area contributed by atoms with Gasteiger partial charge in [0.15, 0.2) is 9.84 Å². The maximum absolute atomic E-state index is 12.5. The van der Waals surface area contributed by atoms with Crippen molar-refractivity contribution in [3.63, 3.8) is 0 Å². The molecule has 0 bridgehead atoms. The fraction of sp³-hybridized carbons (Fsp3) is 0.533. The Balaban J connectivity index is 2.96. The topological polar surface area (TPSA) is 72.5 Å². The SMILES string of the molecule is CCC(C(NC)c1ccccc1)S(=O)(=O)CCC(=O)OC. The van der Waals surface area contributed by atoms with Crippen LogP contribution < -0.4 is 5.32 Å². The average molecular weight is 313 g/mol. The maximum atomic E-state index is 12.5. The van der Waals surface area contributed by atoms with Gasteiger partial charge in [-0.2, -0.15) is 0 Å². The van der Waals surface area contributed by atoms with Gasteiger partial charge >= 0.3 is 5.97 Å². The Hall–Kier alpha value is -1.40. The fourth-order valence-corrected chi connectivity index (χ4v) is 4.37. The number of nitrogens with one attached hydrogen (secondary N) is 1. The molecular formula is C15H23NO4S. The monoisotopic (exact) mass is 313 g/mol. The van der Waals surface area contributed by atoms with Gasteiger partial charge < -0.3 is 10.1 Å². The van der Waals surface area contributed by atoms with Crippen molar-refractivity contribution in [3.8, 4) is 0 Å². The van der Waals surface area contributed by atoms with Gasteiger partial charge in [0.1, 0.15) is 0 Å². The Morgan fingerprint density at radius 3 is 2.38 bits per heavy atom. The summed E-state index contributed by atoms with van der Waals surface area (Å²) in [4.78, 5) is 11.2. The lowest BCUT2D eigenvalue weighted by molar-refractivity contribution is -0.140. The molecule has 0 saturated carbocycles. The Kier molecular flexibility index (Phi) is 6.84. The summed E-state index contributed by atoms with van der Waals surface area (Å²) in [5.41, 5.74) is 0.925. The number of esters is 1. The highest BCUT2D eigenvalue weighted by molar-refractivity contribution is 7.92. The molecule has 1 rings (SSSR count). The van der Waals surface area contributed by atoms with Crippen LogP contribution in [-0.2, 0) is 19.4 Å². The van der Waals surface area contributed by atoms with Crippen molar-refractivity contribution < 1.29 is 17.9 Å². The smallest absolute Gasteiger partial charge is 0.306 e. The predicted molar refractivity (Wildman–Crippen MR) is 82.7 cm³/mol. The van der Waals surface area contributed by atoms with Gasteiger partial charge in [0.05, 0.1) is 24.5 Å². The van der Waals surface area contributed by atoms with Gasteiger partial charge in [-0.05, 0) is 19.0 Å². The van der Waals surface area contributed by atoms with Crippen molar-refractivity contribution in [2.75, 3.05) is 19.9 Å². The van der Waals surface area contributed by atoms with Crippen molar-refractivity contribution in [3.05, 3.63) is 35.9 Å². The first kappa shape index (κ1) is 17.7. The third-order valence-electron chi connectivity index (χ3n) is 3.52. The van der Waals surface area contributed by atoms with E-state index in [2.05, 4.69) is 10.1 Å². The number of carbonyl (C=O) groups is 1. The Bertz CT molecular complexity index is 542. The molecule has 0 aromatic heterocycles. The van der Waals surface area contributed by atoms with E-state index in [1.165, 1.54) is 7.11 Å². The summed E-state index contributed by atoms with van der Waals surface area (Å²) in [6.07, 6.45) is 0.366. The first-order valence-corrected chi connectivity index (χ1v) is 8.68. The number of rotatable bonds is 8. The molecule has 0 heterocycles. The largest absolute Gasteiger partial charge is 0.469 e. The maximum Gasteiger partial charge on any atom is 0.306 e. The van der Waals surface area contributed by atoms with Gasteiger partial charge in [-0.25, -0.2) is 8.42 Å². The number of hydrogen-bond donors (Lipinski definition) is 1. The standard InChI is InChI=1S/C15H23NO4S/c1-4-13(21(18,19)11-10-14(17)20-3)15(16-2)12-8-6-5-7-9-12/h5-9,13,15-16H,4,10-11H2,1-3H3. The Morgan fingerprint density at radius 2 is 1.90 bits per heavy atom. The van der Waals surface area contributed by atoms with Gasteiger partial charge in [0.2, 0.25) is 0 Å². The Morgan fingerprint density at radius 1 is 1.29 bits per heavy atom. The number of ether oxygens (including phenoxy) is 1. The molecule has 1 aromatic rings. The minimum atomic E-state index is -3.40. The second-order valence-electron chi connectivity index (χ2n) is 4.82. The van der Waals surface area contributed by atoms with E-state index in [9.17, 15) is 13.2 Å². The molecule has 5 nitrogen and oxygen atoms in total. The molecule has 0 spiro atoms. The summed E-state index contributed by atoms with van der Waals surface area (Å²) in [5, 5.41) is 2.51. The summed E-state index contributed by atoms with van der Waals surface area (Å²) in [7, 11) is -0.398. The molecule has 0 amide bonds. The lowest BCUT2D eigenvalue weighted by atomic mass is 10.0. The highest BCUT2D eigenvalue weighted by Crippen LogP contribution is 2.25. The number of methoxy groups -OCH3 is 1. The molecule has 0 saturated heterocycles. The zero-order chi connectivity index (χ0) is 15.9. The van der Waals surface area contributed by atoms with Crippen molar-refractivity contribution in [1.82, 2.24) is 5.32 Å². The van der Waals surface area contributed by atoms with Gasteiger partial charge in [0, 0.05) is 6.04 Å². The van der Waals surface area contributed by atoms with Crippen LogP contribution in [0.3, 0.4) is 0 Å². The second kappa shape index (κ2) is 8.14. The van der Waals surface area contributed by atoms with E-state index < -0.39 is 21.1 Å². The van der Waals surface area contributed by atoms with Crippen molar-refractivity contribution in [2.24, 2.45) is 0 Å². The van der Waals surface area contributed by atoms with Crippen LogP contribution >= 0.6 is 0 Å². The van der Waals surface area contributed by atoms with Crippen LogP contribution in [0.2, 0.25) is 0 Å². The van der Waals surface area contributed by atoms with Crippen LogP contribution in [-0.4, -0.2) is 39.5 Å². The normalized spacial score (nSPS) is 14.4. The van der Waals surface area contributed by atoms with Crippen LogP contribution in [0.4, 0.5) is 0 Å². The van der Waals surface area contributed by atoms with Gasteiger partial charge in [-0.3, -0.25) is 4.79 Å². The lowest BCUT2D eigenvalue weighted by Crippen LogP contribution is -2.37. The van der Waals surface area contributed by atoms with E-state index in [0.29, 0.717) is 6.42 Å². The minimum absolute atomic E-state index is 0.111. The van der Waals surface area contributed by atoms with Crippen LogP contribution in [0.25, 0.3) is 0 Å². The van der Waals surface area contributed by atoms with Gasteiger partial charge in [0.25, 0.3) is 0 Å². The first-order valence-electron chi connectivity index (χ1n) is 6.96. The summed E-state index contributed by atoms with van der Waals surface area (Å²) in [6.45, 7) is 1.84. The van der Waals surface area contributed by atoms with E-state index in [1.807, 2.05) is 37.3 Å². The molecule has 6 heteroatoms. The van der Waals surface area contributed by atoms with E-state index in [-0.39, 0.29) is 18.2 Å². The third kappa shape index (κ3) is 4.82. The number of hydrogen-bond acceptors (Lipinski definition) is 5. The lowest BCUT2D eigenvalue weighted by Gasteiger charge is -2.26. The molecule has 118 valence electrons. The molecular weight excluding hydrogens is 290 g/mol. The number of sulfone groups is 1. The predicted octanol–water partition coefficient (Wildman–Crippen LogP) is 1.70. The van der Waals surface area contributed by atoms with Crippen LogP contribution in [0.5, 0.6) is 0 Å². The average Bonchev–Trinajstić information content (AvgIpc) is 2.50. The summed E-state index contributed by atoms with van der Waals surface area (Å²) in [5.74, 6) is -0.697. The molecule has 0 aliphatic carbocycles. The molecule has 0 aliphatic rings. The molecule has 2 atom stereocenters. The highest BCUT2D eigenvalue weighted by Gasteiger charge is 2.32. The van der Waals surface area contributed by atoms with Crippen molar-refractivity contribution in [1.29, 1.82) is 0 Å². The van der Waals surface area contributed by atoms with Crippen LogP contribution in [0, 0.1) is 0 Å². The van der Waals surface area contributed by atoms with Crippen molar-refractivity contribution >= 4 is 15.8 Å². The molecule has 0 fully saturated rings. The third-order valence-corrected chi connectivity index (χ3v) is 5.82. The summed E-state index contributed by atoms with van der Waals surface area (Å²) in [6, 6.07) is 9.17. The molecule has 21 heavy (non-hydrogen) atoms. The Labute approximate surface area is 126 Å². The zero-order valence-corrected chi connectivity index (χ0v) is 13.5. The van der Waals surface area contributed by atoms with Crippen molar-refractivity contribution in [2.45, 2.75) is 31.1 Å². The second-order valence-corrected chi connectivity index (χ2v) is 7.16. The molecule has 1 aromatic carbocycles. The number of benzene rings is 1. The van der Waals surface area contributed by atoms with E-state index in [1.54, 1.807) is 7.05 Å². The van der Waals surface area contributed by atoms with Gasteiger partial charge in [-0.1, -0.05) is 37.3 Å². The molecule has 2 unspecified atom stereocenters. The quantitative estimate of drug-likeness (QED) is 0.740. The fourth-order valence-electron chi connectivity index (χ4n) is 2.40. The summed E-state index contributed by atoms with van der Waals surface area (Å²) < 4.78 is 29.5. The molecule has 1 N–H and O–H groups in total. The molecule has 0 radical (unpaired) electrons. The highest BCUT2D eigenvalue weighted by atomic mass is 32.2. The minimum Gasteiger partial charge on any atom is -0.469 e. The van der Waals surface area contributed by atoms with E-state index in [0.717, 1.165) is 5.56 Å². The van der Waals surface area contributed by atoms with E-state index >= 15 is 0 Å².